The number of hydrogen-bond acceptors (Lipinski definition) is 5. The Morgan fingerprint density at radius 3 is 1.76 bits per heavy atom. The Labute approximate surface area is 99.3 Å². The minimum absolute atomic E-state index is 0.294. The fourth-order valence-corrected chi connectivity index (χ4v) is 1.41. The fourth-order valence-electron chi connectivity index (χ4n) is 1.41. The van der Waals surface area contributed by atoms with Crippen LogP contribution in [0.1, 0.15) is 26.3 Å². The summed E-state index contributed by atoms with van der Waals surface area (Å²) in [6.07, 6.45) is 0. The highest BCUT2D eigenvalue weighted by Gasteiger charge is 2.13. The summed E-state index contributed by atoms with van der Waals surface area (Å²) in [5.74, 6) is -1.01. The SMILES string of the molecule is COCc1cc(C(=O)OC)cc(C(=O)OC)c1. The molecule has 1 aromatic rings. The molecule has 0 atom stereocenters. The lowest BCUT2D eigenvalue weighted by Gasteiger charge is -2.07. The quantitative estimate of drug-likeness (QED) is 0.742. The van der Waals surface area contributed by atoms with Crippen molar-refractivity contribution in [3.8, 4) is 0 Å². The normalized spacial score (nSPS) is 9.82. The Hall–Kier alpha value is -1.88. The summed E-state index contributed by atoms with van der Waals surface area (Å²) < 4.78 is 14.2. The molecule has 0 amide bonds. The molecule has 0 spiro atoms. The average molecular weight is 238 g/mol. The van der Waals surface area contributed by atoms with Crippen LogP contribution in [0.25, 0.3) is 0 Å². The molecule has 0 aromatic heterocycles. The Bertz CT molecular complexity index is 391. The molecule has 5 nitrogen and oxygen atoms in total. The zero-order valence-corrected chi connectivity index (χ0v) is 9.98. The van der Waals surface area contributed by atoms with E-state index in [0.29, 0.717) is 23.3 Å². The maximum absolute atomic E-state index is 11.4. The molecule has 0 N–H and O–H groups in total. The van der Waals surface area contributed by atoms with Crippen molar-refractivity contribution in [2.75, 3.05) is 21.3 Å². The van der Waals surface area contributed by atoms with Crippen molar-refractivity contribution in [2.24, 2.45) is 0 Å². The van der Waals surface area contributed by atoms with Crippen LogP contribution in [0.4, 0.5) is 0 Å². The molecule has 1 rings (SSSR count). The predicted molar refractivity (Wildman–Crippen MR) is 59.8 cm³/mol. The summed E-state index contributed by atoms with van der Waals surface area (Å²) in [5, 5.41) is 0. The number of methoxy groups -OCH3 is 3. The maximum Gasteiger partial charge on any atom is 0.337 e. The molecule has 0 aliphatic heterocycles. The molecule has 0 aliphatic rings. The first-order valence-electron chi connectivity index (χ1n) is 4.92. The Morgan fingerprint density at radius 2 is 1.41 bits per heavy atom. The van der Waals surface area contributed by atoms with Gasteiger partial charge >= 0.3 is 11.9 Å². The summed E-state index contributed by atoms with van der Waals surface area (Å²) in [6.45, 7) is 0.300. The van der Waals surface area contributed by atoms with Gasteiger partial charge in [-0.15, -0.1) is 0 Å². The molecule has 0 saturated heterocycles. The number of rotatable bonds is 4. The largest absolute Gasteiger partial charge is 0.465 e. The van der Waals surface area contributed by atoms with E-state index in [1.54, 1.807) is 12.1 Å². The molecule has 0 saturated carbocycles. The minimum Gasteiger partial charge on any atom is -0.465 e. The van der Waals surface area contributed by atoms with Crippen LogP contribution in [0.15, 0.2) is 18.2 Å². The number of carbonyl (C=O) groups is 2. The molecule has 5 heteroatoms. The molecule has 92 valence electrons. The zero-order chi connectivity index (χ0) is 12.8. The van der Waals surface area contributed by atoms with Gasteiger partial charge in [-0.05, 0) is 23.8 Å². The van der Waals surface area contributed by atoms with Crippen LogP contribution in [0.2, 0.25) is 0 Å². The van der Waals surface area contributed by atoms with Crippen molar-refractivity contribution in [3.05, 3.63) is 34.9 Å². The van der Waals surface area contributed by atoms with Gasteiger partial charge in [-0.1, -0.05) is 0 Å². The van der Waals surface area contributed by atoms with E-state index in [9.17, 15) is 9.59 Å². The smallest absolute Gasteiger partial charge is 0.337 e. The molecule has 0 bridgehead atoms. The molecular weight excluding hydrogens is 224 g/mol. The molecule has 0 radical (unpaired) electrons. The van der Waals surface area contributed by atoms with Gasteiger partial charge in [-0.25, -0.2) is 9.59 Å². The summed E-state index contributed by atoms with van der Waals surface area (Å²) in [4.78, 5) is 22.8. The first-order chi connectivity index (χ1) is 8.12. The van der Waals surface area contributed by atoms with E-state index in [0.717, 1.165) is 0 Å². The van der Waals surface area contributed by atoms with Crippen molar-refractivity contribution in [1.29, 1.82) is 0 Å². The van der Waals surface area contributed by atoms with Crippen LogP contribution >= 0.6 is 0 Å². The summed E-state index contributed by atoms with van der Waals surface area (Å²) >= 11 is 0. The second kappa shape index (κ2) is 6.00. The third kappa shape index (κ3) is 3.29. The zero-order valence-electron chi connectivity index (χ0n) is 9.98. The first kappa shape index (κ1) is 13.2. The standard InChI is InChI=1S/C12H14O5/c1-15-7-8-4-9(11(13)16-2)6-10(5-8)12(14)17-3/h4-6H,7H2,1-3H3. The molecule has 0 heterocycles. The highest BCUT2D eigenvalue weighted by atomic mass is 16.5. The molecule has 0 aliphatic carbocycles. The third-order valence-electron chi connectivity index (χ3n) is 2.15. The van der Waals surface area contributed by atoms with Gasteiger partial charge in [0.2, 0.25) is 0 Å². The molecule has 0 fully saturated rings. The summed E-state index contributed by atoms with van der Waals surface area (Å²) in [5.41, 5.74) is 1.29. The molecule has 17 heavy (non-hydrogen) atoms. The topological polar surface area (TPSA) is 61.8 Å². The van der Waals surface area contributed by atoms with Gasteiger partial charge in [-0.2, -0.15) is 0 Å². The number of benzene rings is 1. The Kier molecular flexibility index (Phi) is 4.66. The van der Waals surface area contributed by atoms with Gasteiger partial charge in [0.1, 0.15) is 0 Å². The molecular formula is C12H14O5. The first-order valence-corrected chi connectivity index (χ1v) is 4.92. The van der Waals surface area contributed by atoms with E-state index in [1.165, 1.54) is 27.4 Å². The lowest BCUT2D eigenvalue weighted by Crippen LogP contribution is -2.08. The highest BCUT2D eigenvalue weighted by Crippen LogP contribution is 2.13. The van der Waals surface area contributed by atoms with Crippen LogP contribution in [-0.2, 0) is 20.8 Å². The second-order valence-corrected chi connectivity index (χ2v) is 3.33. The monoisotopic (exact) mass is 238 g/mol. The lowest BCUT2D eigenvalue weighted by atomic mass is 10.1. The van der Waals surface area contributed by atoms with E-state index >= 15 is 0 Å². The number of carbonyl (C=O) groups excluding carboxylic acids is 2. The molecule has 0 unspecified atom stereocenters. The van der Waals surface area contributed by atoms with Gasteiger partial charge in [-0.3, -0.25) is 0 Å². The lowest BCUT2D eigenvalue weighted by molar-refractivity contribution is 0.0598. The van der Waals surface area contributed by atoms with Crippen LogP contribution < -0.4 is 0 Å². The van der Waals surface area contributed by atoms with E-state index in [2.05, 4.69) is 9.47 Å². The Balaban J connectivity index is 3.18. The third-order valence-corrected chi connectivity index (χ3v) is 2.15. The van der Waals surface area contributed by atoms with Crippen LogP contribution in [-0.4, -0.2) is 33.3 Å². The molecule has 1 aromatic carbocycles. The second-order valence-electron chi connectivity index (χ2n) is 3.33. The van der Waals surface area contributed by atoms with Gasteiger partial charge in [0.15, 0.2) is 0 Å². The Morgan fingerprint density at radius 1 is 0.941 bits per heavy atom. The summed E-state index contributed by atoms with van der Waals surface area (Å²) in [7, 11) is 4.09. The van der Waals surface area contributed by atoms with Crippen LogP contribution in [0.5, 0.6) is 0 Å². The van der Waals surface area contributed by atoms with Gasteiger partial charge in [0.05, 0.1) is 32.0 Å². The van der Waals surface area contributed by atoms with Crippen molar-refractivity contribution in [3.63, 3.8) is 0 Å². The predicted octanol–water partition coefficient (Wildman–Crippen LogP) is 1.41. The fraction of sp³-hybridized carbons (Fsp3) is 0.333. The van der Waals surface area contributed by atoms with E-state index in [4.69, 9.17) is 4.74 Å². The van der Waals surface area contributed by atoms with Crippen LogP contribution in [0.3, 0.4) is 0 Å². The summed E-state index contributed by atoms with van der Waals surface area (Å²) in [6, 6.07) is 4.65. The maximum atomic E-state index is 11.4. The van der Waals surface area contributed by atoms with Gasteiger partial charge in [0, 0.05) is 7.11 Å². The average Bonchev–Trinajstić information content (AvgIpc) is 2.36. The van der Waals surface area contributed by atoms with E-state index in [-0.39, 0.29) is 0 Å². The minimum atomic E-state index is -0.506. The van der Waals surface area contributed by atoms with Crippen molar-refractivity contribution < 1.29 is 23.8 Å². The van der Waals surface area contributed by atoms with Gasteiger partial charge < -0.3 is 14.2 Å². The van der Waals surface area contributed by atoms with E-state index < -0.39 is 11.9 Å². The number of ether oxygens (including phenoxy) is 3. The number of hydrogen-bond donors (Lipinski definition) is 0. The van der Waals surface area contributed by atoms with Crippen molar-refractivity contribution >= 4 is 11.9 Å². The number of esters is 2. The van der Waals surface area contributed by atoms with Crippen LogP contribution in [0, 0.1) is 0 Å². The highest BCUT2D eigenvalue weighted by molar-refractivity contribution is 5.95. The van der Waals surface area contributed by atoms with Gasteiger partial charge in [0.25, 0.3) is 0 Å². The van der Waals surface area contributed by atoms with E-state index in [1.807, 2.05) is 0 Å². The van der Waals surface area contributed by atoms with Crippen molar-refractivity contribution in [2.45, 2.75) is 6.61 Å². The van der Waals surface area contributed by atoms with Crippen molar-refractivity contribution in [1.82, 2.24) is 0 Å².